The zero-order valence-electron chi connectivity index (χ0n) is 13.3. The number of hydrogen-bond donors (Lipinski definition) is 5. The van der Waals surface area contributed by atoms with E-state index in [9.17, 15) is 30.0 Å². The molecule has 0 spiro atoms. The maximum absolute atomic E-state index is 12.1. The van der Waals surface area contributed by atoms with E-state index in [0.29, 0.717) is 0 Å². The second kappa shape index (κ2) is 7.83. The number of ether oxygens (including phenoxy) is 2. The Morgan fingerprint density at radius 3 is 1.62 bits per heavy atom. The highest BCUT2D eigenvalue weighted by Crippen LogP contribution is 2.25. The van der Waals surface area contributed by atoms with Gasteiger partial charge in [-0.25, -0.2) is 9.59 Å². The van der Waals surface area contributed by atoms with Gasteiger partial charge >= 0.3 is 17.9 Å². The summed E-state index contributed by atoms with van der Waals surface area (Å²) in [6.45, 7) is -1.13. The van der Waals surface area contributed by atoms with Crippen LogP contribution in [0, 0.1) is 0 Å². The van der Waals surface area contributed by atoms with Gasteiger partial charge in [-0.15, -0.1) is 0 Å². The summed E-state index contributed by atoms with van der Waals surface area (Å²) in [5.74, 6) is -6.89. The van der Waals surface area contributed by atoms with Crippen LogP contribution in [-0.4, -0.2) is 56.2 Å². The third-order valence-corrected chi connectivity index (χ3v) is 3.32. The van der Waals surface area contributed by atoms with Crippen LogP contribution in [0.1, 0.15) is 20.7 Å². The molecular formula is C17H16O9. The van der Waals surface area contributed by atoms with E-state index < -0.39 is 42.1 Å². The Bertz CT molecular complexity index is 743. The average molecular weight is 364 g/mol. The molecule has 9 nitrogen and oxygen atoms in total. The number of aliphatic hydroxyl groups excluding tert-OH is 2. The molecule has 0 aromatic heterocycles. The first-order chi connectivity index (χ1) is 12.3. The second-order valence-corrected chi connectivity index (χ2v) is 5.14. The summed E-state index contributed by atoms with van der Waals surface area (Å²) in [5.41, 5.74) is -0.760. The number of rotatable bonds is 6. The highest BCUT2D eigenvalue weighted by atomic mass is 16.8. The lowest BCUT2D eigenvalue weighted by Crippen LogP contribution is -2.51. The first-order valence-corrected chi connectivity index (χ1v) is 7.32. The molecule has 1 unspecified atom stereocenters. The molecule has 0 amide bonds. The van der Waals surface area contributed by atoms with E-state index in [1.807, 2.05) is 0 Å². The largest absolute Gasteiger partial charge is 0.507 e. The van der Waals surface area contributed by atoms with Crippen LogP contribution in [0.5, 0.6) is 11.5 Å². The number of carbonyl (C=O) groups is 2. The van der Waals surface area contributed by atoms with Crippen LogP contribution in [0.15, 0.2) is 48.5 Å². The molecule has 0 saturated heterocycles. The lowest BCUT2D eigenvalue weighted by molar-refractivity contribution is -0.349. The number of esters is 2. The Morgan fingerprint density at radius 2 is 1.27 bits per heavy atom. The van der Waals surface area contributed by atoms with Crippen molar-refractivity contribution in [2.45, 2.75) is 12.1 Å². The topological polar surface area (TPSA) is 154 Å². The van der Waals surface area contributed by atoms with Crippen molar-refractivity contribution in [3.8, 4) is 11.5 Å². The van der Waals surface area contributed by atoms with Crippen LogP contribution in [0.4, 0.5) is 0 Å². The van der Waals surface area contributed by atoms with Gasteiger partial charge in [-0.05, 0) is 24.3 Å². The van der Waals surface area contributed by atoms with Gasteiger partial charge in [0.2, 0.25) is 0 Å². The van der Waals surface area contributed by atoms with Gasteiger partial charge in [0.05, 0.1) is 6.61 Å². The molecule has 0 aliphatic carbocycles. The van der Waals surface area contributed by atoms with Gasteiger partial charge in [-0.2, -0.15) is 0 Å². The van der Waals surface area contributed by atoms with Crippen molar-refractivity contribution in [3.63, 3.8) is 0 Å². The normalized spacial score (nSPS) is 12.3. The van der Waals surface area contributed by atoms with Gasteiger partial charge < -0.3 is 35.0 Å². The molecular weight excluding hydrogens is 348 g/mol. The van der Waals surface area contributed by atoms with Crippen molar-refractivity contribution in [1.29, 1.82) is 0 Å². The average Bonchev–Trinajstić information content (AvgIpc) is 2.61. The van der Waals surface area contributed by atoms with E-state index in [1.165, 1.54) is 36.4 Å². The minimum Gasteiger partial charge on any atom is -0.507 e. The molecule has 26 heavy (non-hydrogen) atoms. The summed E-state index contributed by atoms with van der Waals surface area (Å²) < 4.78 is 9.22. The van der Waals surface area contributed by atoms with Crippen molar-refractivity contribution in [1.82, 2.24) is 0 Å². The summed E-state index contributed by atoms with van der Waals surface area (Å²) in [5, 5.41) is 48.3. The van der Waals surface area contributed by atoms with Crippen LogP contribution in [-0.2, 0) is 9.47 Å². The predicted octanol–water partition coefficient (Wildman–Crippen LogP) is 0.111. The van der Waals surface area contributed by atoms with Crippen molar-refractivity contribution < 1.29 is 44.6 Å². The lowest BCUT2D eigenvalue weighted by atomic mass is 10.2. The molecule has 0 saturated carbocycles. The van der Waals surface area contributed by atoms with Gasteiger partial charge in [0.1, 0.15) is 22.6 Å². The van der Waals surface area contributed by atoms with Gasteiger partial charge in [0.15, 0.2) is 6.10 Å². The lowest BCUT2D eigenvalue weighted by Gasteiger charge is -2.30. The number of para-hydroxylation sites is 2. The van der Waals surface area contributed by atoms with E-state index in [4.69, 9.17) is 5.11 Å². The Morgan fingerprint density at radius 1 is 0.885 bits per heavy atom. The molecule has 0 heterocycles. The standard InChI is InChI=1S/C17H16O9/c18-9-14(21)17(24,25-15(22)10-5-1-3-7-12(10)19)26-16(23)11-6-2-4-8-13(11)20/h1-8,14,18-21,24H,9H2. The monoisotopic (exact) mass is 364 g/mol. The molecule has 9 heteroatoms. The third kappa shape index (κ3) is 4.09. The summed E-state index contributed by atoms with van der Waals surface area (Å²) >= 11 is 0. The minimum absolute atomic E-state index is 0.380. The Balaban J connectivity index is 2.28. The van der Waals surface area contributed by atoms with Crippen LogP contribution < -0.4 is 0 Å². The SMILES string of the molecule is O=C(OC(O)(OC(=O)c1ccccc1O)C(O)CO)c1ccccc1O. The van der Waals surface area contributed by atoms with Crippen molar-refractivity contribution >= 4 is 11.9 Å². The molecule has 0 aliphatic heterocycles. The Kier molecular flexibility index (Phi) is 5.78. The molecule has 0 aliphatic rings. The van der Waals surface area contributed by atoms with Crippen LogP contribution >= 0.6 is 0 Å². The molecule has 1 atom stereocenters. The predicted molar refractivity (Wildman–Crippen MR) is 85.1 cm³/mol. The van der Waals surface area contributed by atoms with Gasteiger partial charge in [-0.1, -0.05) is 24.3 Å². The fourth-order valence-corrected chi connectivity index (χ4v) is 1.94. The Labute approximate surface area is 147 Å². The maximum atomic E-state index is 12.1. The van der Waals surface area contributed by atoms with Gasteiger partial charge in [0.25, 0.3) is 0 Å². The van der Waals surface area contributed by atoms with Crippen LogP contribution in [0.3, 0.4) is 0 Å². The number of aromatic hydroxyl groups is 2. The van der Waals surface area contributed by atoms with Crippen molar-refractivity contribution in [2.75, 3.05) is 6.61 Å². The number of phenolic OH excluding ortho intramolecular Hbond substituents is 2. The van der Waals surface area contributed by atoms with E-state index in [0.717, 1.165) is 12.1 Å². The number of phenols is 2. The molecule has 138 valence electrons. The van der Waals surface area contributed by atoms with E-state index in [-0.39, 0.29) is 11.1 Å². The summed E-state index contributed by atoms with van der Waals surface area (Å²) in [6.07, 6.45) is -2.22. The highest BCUT2D eigenvalue weighted by molar-refractivity contribution is 5.94. The van der Waals surface area contributed by atoms with Crippen molar-refractivity contribution in [2.24, 2.45) is 0 Å². The fourth-order valence-electron chi connectivity index (χ4n) is 1.94. The first kappa shape index (κ1) is 19.2. The summed E-state index contributed by atoms with van der Waals surface area (Å²) in [7, 11) is 0. The van der Waals surface area contributed by atoms with E-state index >= 15 is 0 Å². The van der Waals surface area contributed by atoms with Crippen LogP contribution in [0.2, 0.25) is 0 Å². The molecule has 0 radical (unpaired) electrons. The number of benzene rings is 2. The number of hydrogen-bond acceptors (Lipinski definition) is 9. The number of aliphatic hydroxyl groups is 3. The van der Waals surface area contributed by atoms with E-state index in [2.05, 4.69) is 9.47 Å². The zero-order chi connectivity index (χ0) is 19.3. The smallest absolute Gasteiger partial charge is 0.403 e. The van der Waals surface area contributed by atoms with E-state index in [1.54, 1.807) is 0 Å². The second-order valence-electron chi connectivity index (χ2n) is 5.14. The molecule has 5 N–H and O–H groups in total. The molecule has 0 bridgehead atoms. The fraction of sp³-hybridized carbons (Fsp3) is 0.176. The van der Waals surface area contributed by atoms with Gasteiger partial charge in [0, 0.05) is 0 Å². The maximum Gasteiger partial charge on any atom is 0.403 e. The van der Waals surface area contributed by atoms with Gasteiger partial charge in [-0.3, -0.25) is 0 Å². The first-order valence-electron chi connectivity index (χ1n) is 7.32. The molecule has 0 fully saturated rings. The van der Waals surface area contributed by atoms with Crippen molar-refractivity contribution in [3.05, 3.63) is 59.7 Å². The third-order valence-electron chi connectivity index (χ3n) is 3.32. The minimum atomic E-state index is -3.27. The highest BCUT2D eigenvalue weighted by Gasteiger charge is 2.45. The zero-order valence-corrected chi connectivity index (χ0v) is 13.3. The Hall–Kier alpha value is -3.14. The number of carbonyl (C=O) groups excluding carboxylic acids is 2. The summed E-state index contributed by atoms with van der Waals surface area (Å²) in [4.78, 5) is 24.2. The molecule has 2 aromatic rings. The quantitative estimate of drug-likeness (QED) is 0.355. The van der Waals surface area contributed by atoms with Crippen LogP contribution in [0.25, 0.3) is 0 Å². The molecule has 2 aromatic carbocycles. The molecule has 2 rings (SSSR count). The summed E-state index contributed by atoms with van der Waals surface area (Å²) in [6, 6.07) is 10.3.